The molecule has 0 bridgehead atoms. The first-order valence-corrected chi connectivity index (χ1v) is 3.20. The van der Waals surface area contributed by atoms with E-state index < -0.39 is 7.32 Å². The summed E-state index contributed by atoms with van der Waals surface area (Å²) in [6, 6.07) is 8.71. The maximum Gasteiger partial charge on any atom is 0.631 e. The highest BCUT2D eigenvalue weighted by Crippen LogP contribution is 2.02. The van der Waals surface area contributed by atoms with Crippen molar-refractivity contribution in [2.75, 3.05) is 0 Å². The highest BCUT2D eigenvalue weighted by Gasteiger charge is 1.92. The first-order chi connectivity index (χ1) is 6.13. The number of hydrogen-bond donors (Lipinski definition) is 4. The first kappa shape index (κ1) is 14.2. The molecule has 0 amide bonds. The van der Waals surface area contributed by atoms with E-state index in [-0.39, 0.29) is 0 Å². The van der Waals surface area contributed by atoms with Crippen LogP contribution in [0.4, 0.5) is 0 Å². The lowest BCUT2D eigenvalue weighted by atomic mass is 10.3. The Bertz CT molecular complexity index is 189. The molecule has 0 saturated heterocycles. The van der Waals surface area contributed by atoms with Crippen LogP contribution < -0.4 is 0 Å². The summed E-state index contributed by atoms with van der Waals surface area (Å²) in [5.74, 6) is 0.322. The second-order valence-corrected chi connectivity index (χ2v) is 1.68. The van der Waals surface area contributed by atoms with Gasteiger partial charge in [0.05, 0.1) is 0 Å². The average molecular weight is 186 g/mol. The lowest BCUT2D eigenvalue weighted by Gasteiger charge is -1.82. The number of phenols is 1. The van der Waals surface area contributed by atoms with E-state index in [1.54, 1.807) is 24.3 Å². The Balaban J connectivity index is 0. The van der Waals surface area contributed by atoms with Gasteiger partial charge in [-0.25, -0.2) is 0 Å². The number of aromatic hydroxyl groups is 1. The van der Waals surface area contributed by atoms with Gasteiger partial charge >= 0.3 is 7.32 Å². The fraction of sp³-hybridized carbons (Fsp3) is 0. The number of carbonyl (C=O) groups excluding carboxylic acids is 1. The van der Waals surface area contributed by atoms with Crippen molar-refractivity contribution < 1.29 is 25.0 Å². The maximum atomic E-state index is 8.63. The minimum atomic E-state index is -2.17. The van der Waals surface area contributed by atoms with E-state index in [1.807, 2.05) is 12.9 Å². The van der Waals surface area contributed by atoms with Gasteiger partial charge in [-0.15, -0.1) is 0 Å². The highest BCUT2D eigenvalue weighted by molar-refractivity contribution is 6.30. The largest absolute Gasteiger partial charge is 0.631 e. The predicted molar refractivity (Wildman–Crippen MR) is 47.6 cm³/mol. The molecule has 0 aromatic heterocycles. The van der Waals surface area contributed by atoms with E-state index in [1.165, 1.54) is 0 Å². The van der Waals surface area contributed by atoms with E-state index >= 15 is 0 Å². The third kappa shape index (κ3) is 18.0. The van der Waals surface area contributed by atoms with Crippen molar-refractivity contribution in [1.29, 1.82) is 0 Å². The van der Waals surface area contributed by atoms with E-state index in [4.69, 9.17) is 25.0 Å². The Labute approximate surface area is 76.1 Å². The van der Waals surface area contributed by atoms with Gasteiger partial charge in [-0.05, 0) is 12.1 Å². The lowest BCUT2D eigenvalue weighted by molar-refractivity contribution is -0.0979. The van der Waals surface area contributed by atoms with Gasteiger partial charge in [0.25, 0.3) is 0 Å². The van der Waals surface area contributed by atoms with Gasteiger partial charge in [0, 0.05) is 0 Å². The summed E-state index contributed by atoms with van der Waals surface area (Å²) in [6.45, 7) is 2.00. The van der Waals surface area contributed by atoms with Crippen LogP contribution in [0.5, 0.6) is 5.75 Å². The van der Waals surface area contributed by atoms with Crippen LogP contribution in [0.1, 0.15) is 0 Å². The first-order valence-electron chi connectivity index (χ1n) is 3.20. The molecule has 0 spiro atoms. The van der Waals surface area contributed by atoms with Gasteiger partial charge in [-0.2, -0.15) is 0 Å². The summed E-state index contributed by atoms with van der Waals surface area (Å²) in [6.07, 6.45) is 0. The summed E-state index contributed by atoms with van der Waals surface area (Å²) in [5, 5.41) is 30.1. The number of benzene rings is 1. The van der Waals surface area contributed by atoms with Crippen molar-refractivity contribution in [2.24, 2.45) is 0 Å². The molecule has 0 radical (unpaired) electrons. The van der Waals surface area contributed by atoms with Crippen LogP contribution in [0, 0.1) is 0 Å². The van der Waals surface area contributed by atoms with E-state index in [9.17, 15) is 0 Å². The van der Waals surface area contributed by atoms with Crippen molar-refractivity contribution in [3.05, 3.63) is 30.3 Å². The van der Waals surface area contributed by atoms with Crippen LogP contribution in [0.2, 0.25) is 0 Å². The molecule has 0 atom stereocenters. The van der Waals surface area contributed by atoms with Crippen LogP contribution in [-0.4, -0.2) is 34.3 Å². The van der Waals surface area contributed by atoms with Crippen molar-refractivity contribution in [1.82, 2.24) is 0 Å². The smallest absolute Gasteiger partial charge is 0.508 e. The lowest BCUT2D eigenvalue weighted by Crippen LogP contribution is -2.07. The molecule has 1 rings (SSSR count). The highest BCUT2D eigenvalue weighted by atomic mass is 16.5. The molecule has 1 aromatic rings. The third-order valence-electron chi connectivity index (χ3n) is 0.756. The Kier molecular flexibility index (Phi) is 11.6. The molecule has 5 nitrogen and oxygen atoms in total. The Morgan fingerprint density at radius 2 is 1.31 bits per heavy atom. The van der Waals surface area contributed by atoms with Gasteiger partial charge in [0.1, 0.15) is 12.5 Å². The topological polar surface area (TPSA) is 98.0 Å². The molecule has 0 heterocycles. The quantitative estimate of drug-likeness (QED) is 0.396. The molecule has 0 aliphatic heterocycles. The molecular formula is C7H11BO5. The molecule has 72 valence electrons. The summed E-state index contributed by atoms with van der Waals surface area (Å²) in [7, 11) is -2.17. The van der Waals surface area contributed by atoms with Gasteiger partial charge in [-0.3, -0.25) is 0 Å². The molecule has 4 N–H and O–H groups in total. The van der Waals surface area contributed by atoms with Gasteiger partial charge < -0.3 is 25.0 Å². The number of phenolic OH excluding ortho intramolecular Hbond substituents is 1. The second kappa shape index (κ2) is 10.6. The number of rotatable bonds is 0. The normalized spacial score (nSPS) is 7.00. The SMILES string of the molecule is C=O.OB(O)O.Oc1ccccc1. The van der Waals surface area contributed by atoms with E-state index in [0.29, 0.717) is 5.75 Å². The van der Waals surface area contributed by atoms with Crippen LogP contribution in [0.15, 0.2) is 30.3 Å². The van der Waals surface area contributed by atoms with Crippen molar-refractivity contribution >= 4 is 14.1 Å². The molecule has 0 aliphatic rings. The zero-order chi connectivity index (χ0) is 10.7. The number of para-hydroxylation sites is 1. The zero-order valence-corrected chi connectivity index (χ0v) is 6.87. The number of carbonyl (C=O) groups is 1. The molecule has 0 aliphatic carbocycles. The van der Waals surface area contributed by atoms with Gasteiger partial charge in [0.15, 0.2) is 0 Å². The summed E-state index contributed by atoms with van der Waals surface area (Å²) in [5.41, 5.74) is 0. The van der Waals surface area contributed by atoms with Crippen LogP contribution in [0.3, 0.4) is 0 Å². The Hall–Kier alpha value is -1.37. The monoisotopic (exact) mass is 186 g/mol. The third-order valence-corrected chi connectivity index (χ3v) is 0.756. The van der Waals surface area contributed by atoms with E-state index in [0.717, 1.165) is 0 Å². The Morgan fingerprint density at radius 3 is 1.46 bits per heavy atom. The van der Waals surface area contributed by atoms with Crippen molar-refractivity contribution in [3.63, 3.8) is 0 Å². The maximum absolute atomic E-state index is 8.63. The molecular weight excluding hydrogens is 175 g/mol. The second-order valence-electron chi connectivity index (χ2n) is 1.68. The summed E-state index contributed by atoms with van der Waals surface area (Å²) < 4.78 is 0. The number of hydrogen-bond acceptors (Lipinski definition) is 5. The molecule has 13 heavy (non-hydrogen) atoms. The van der Waals surface area contributed by atoms with Gasteiger partial charge in [0.2, 0.25) is 0 Å². The average Bonchev–Trinajstić information content (AvgIpc) is 2.08. The van der Waals surface area contributed by atoms with Crippen LogP contribution in [0.25, 0.3) is 0 Å². The predicted octanol–water partition coefficient (Wildman–Crippen LogP) is -0.845. The zero-order valence-electron chi connectivity index (χ0n) is 6.87. The minimum Gasteiger partial charge on any atom is -0.508 e. The van der Waals surface area contributed by atoms with Crippen LogP contribution in [-0.2, 0) is 4.79 Å². The van der Waals surface area contributed by atoms with Gasteiger partial charge in [-0.1, -0.05) is 18.2 Å². The molecule has 0 saturated carbocycles. The molecule has 1 aromatic carbocycles. The fourth-order valence-electron chi connectivity index (χ4n) is 0.428. The molecule has 0 unspecified atom stereocenters. The Morgan fingerprint density at radius 1 is 1.00 bits per heavy atom. The molecule has 6 heteroatoms. The van der Waals surface area contributed by atoms with Crippen molar-refractivity contribution in [2.45, 2.75) is 0 Å². The molecule has 0 fully saturated rings. The van der Waals surface area contributed by atoms with Crippen molar-refractivity contribution in [3.8, 4) is 5.75 Å². The minimum absolute atomic E-state index is 0.322. The standard InChI is InChI=1S/C6H6O.CH2O.BH3O3/c7-6-4-2-1-3-5-6;1-2;2-1(3)4/h1-5,7H;1H2;2-4H. The summed E-state index contributed by atoms with van der Waals surface area (Å²) in [4.78, 5) is 8.00. The van der Waals surface area contributed by atoms with Crippen LogP contribution >= 0.6 is 0 Å². The van der Waals surface area contributed by atoms with E-state index in [2.05, 4.69) is 0 Å². The summed E-state index contributed by atoms with van der Waals surface area (Å²) >= 11 is 0. The fourth-order valence-corrected chi connectivity index (χ4v) is 0.428.